The molecule has 0 aromatic rings. The molecule has 4 N–H and O–H groups in total. The maximum atomic E-state index is 10.9. The lowest BCUT2D eigenvalue weighted by atomic mass is 9.98. The van der Waals surface area contributed by atoms with Gasteiger partial charge in [-0.05, 0) is 25.3 Å². The van der Waals surface area contributed by atoms with E-state index in [9.17, 15) is 4.79 Å². The van der Waals surface area contributed by atoms with Crippen molar-refractivity contribution in [2.45, 2.75) is 12.8 Å². The number of ether oxygens (including phenoxy) is 1. The van der Waals surface area contributed by atoms with E-state index >= 15 is 0 Å². The van der Waals surface area contributed by atoms with Crippen LogP contribution in [0.1, 0.15) is 12.8 Å². The Morgan fingerprint density at radius 3 is 2.79 bits per heavy atom. The number of carbonyl (C=O) groups is 1. The third-order valence-corrected chi connectivity index (χ3v) is 2.36. The lowest BCUT2D eigenvalue weighted by molar-refractivity contribution is 0.112. The first-order chi connectivity index (χ1) is 6.76. The lowest BCUT2D eigenvalue weighted by Gasteiger charge is -2.30. The van der Waals surface area contributed by atoms with Crippen molar-refractivity contribution in [3.05, 3.63) is 0 Å². The summed E-state index contributed by atoms with van der Waals surface area (Å²) in [6.07, 6.45) is 1.98. The van der Waals surface area contributed by atoms with E-state index in [0.717, 1.165) is 25.9 Å². The first-order valence-corrected chi connectivity index (χ1v) is 4.67. The van der Waals surface area contributed by atoms with Crippen molar-refractivity contribution in [1.29, 1.82) is 5.41 Å². The summed E-state index contributed by atoms with van der Waals surface area (Å²) in [5, 5.41) is 8.36. The van der Waals surface area contributed by atoms with Gasteiger partial charge in [-0.15, -0.1) is 0 Å². The molecule has 1 heterocycles. The van der Waals surface area contributed by atoms with Crippen LogP contribution in [0.5, 0.6) is 0 Å². The van der Waals surface area contributed by atoms with Gasteiger partial charge in [-0.25, -0.2) is 9.80 Å². The molecule has 0 spiro atoms. The maximum absolute atomic E-state index is 10.9. The highest BCUT2D eigenvalue weighted by Crippen LogP contribution is 2.13. The molecule has 0 aromatic heterocycles. The van der Waals surface area contributed by atoms with Crippen LogP contribution in [-0.4, -0.2) is 37.1 Å². The summed E-state index contributed by atoms with van der Waals surface area (Å²) in [4.78, 5) is 10.9. The molecule has 1 rings (SSSR count). The van der Waals surface area contributed by atoms with Gasteiger partial charge >= 0.3 is 6.09 Å². The van der Waals surface area contributed by atoms with Crippen LogP contribution in [0.2, 0.25) is 0 Å². The Hall–Kier alpha value is -1.14. The van der Waals surface area contributed by atoms with Gasteiger partial charge in [0.25, 0.3) is 0 Å². The van der Waals surface area contributed by atoms with Gasteiger partial charge in [0.15, 0.2) is 6.40 Å². The number of hydrogen-bond donors (Lipinski definition) is 3. The number of rotatable bonds is 3. The van der Waals surface area contributed by atoms with E-state index < -0.39 is 6.09 Å². The lowest BCUT2D eigenvalue weighted by Crippen LogP contribution is -2.47. The summed E-state index contributed by atoms with van der Waals surface area (Å²) >= 11 is 0. The number of carbonyl (C=O) groups excluding carboxylic acids is 1. The average Bonchev–Trinajstić information content (AvgIpc) is 2.19. The minimum absolute atomic E-state index is 0.562. The molecule has 0 bridgehead atoms. The Balaban J connectivity index is 2.21. The molecule has 6 nitrogen and oxygen atoms in total. The molecule has 1 aliphatic rings. The predicted molar refractivity (Wildman–Crippen MR) is 51.8 cm³/mol. The van der Waals surface area contributed by atoms with E-state index in [2.05, 4.69) is 10.2 Å². The monoisotopic (exact) mass is 200 g/mol. The second-order valence-corrected chi connectivity index (χ2v) is 3.30. The zero-order valence-corrected chi connectivity index (χ0v) is 8.03. The van der Waals surface area contributed by atoms with E-state index in [1.807, 2.05) is 0 Å². The number of nitrogens with zero attached hydrogens (tertiary/aromatic N) is 1. The van der Waals surface area contributed by atoms with E-state index in [1.54, 1.807) is 5.01 Å². The van der Waals surface area contributed by atoms with Crippen LogP contribution in [0.4, 0.5) is 4.79 Å². The van der Waals surface area contributed by atoms with Gasteiger partial charge in [-0.3, -0.25) is 10.8 Å². The van der Waals surface area contributed by atoms with E-state index in [-0.39, 0.29) is 0 Å². The molecule has 1 amide bonds. The molecule has 1 fully saturated rings. The van der Waals surface area contributed by atoms with Gasteiger partial charge in [0, 0.05) is 13.1 Å². The molecule has 0 saturated carbocycles. The van der Waals surface area contributed by atoms with Gasteiger partial charge in [0.1, 0.15) is 0 Å². The Kier molecular flexibility index (Phi) is 4.34. The molecule has 6 heteroatoms. The second-order valence-electron chi connectivity index (χ2n) is 3.30. The van der Waals surface area contributed by atoms with Crippen molar-refractivity contribution >= 4 is 12.5 Å². The number of hydrazine groups is 1. The second kappa shape index (κ2) is 5.56. The van der Waals surface area contributed by atoms with E-state index in [0.29, 0.717) is 18.9 Å². The zero-order chi connectivity index (χ0) is 10.4. The third-order valence-electron chi connectivity index (χ3n) is 2.36. The molecular formula is C8H16N4O2. The zero-order valence-electron chi connectivity index (χ0n) is 8.03. The molecule has 0 unspecified atom stereocenters. The van der Waals surface area contributed by atoms with Crippen molar-refractivity contribution in [1.82, 2.24) is 10.4 Å². The SMILES string of the molecule is N=COC(=O)NN1CCC(CN)CC1. The fraction of sp³-hybridized carbons (Fsp3) is 0.750. The van der Waals surface area contributed by atoms with E-state index in [4.69, 9.17) is 11.1 Å². The highest BCUT2D eigenvalue weighted by atomic mass is 16.5. The third kappa shape index (κ3) is 3.31. The molecule has 80 valence electrons. The number of nitrogens with one attached hydrogen (secondary N) is 2. The first kappa shape index (κ1) is 10.9. The van der Waals surface area contributed by atoms with Gasteiger partial charge < -0.3 is 10.5 Å². The normalized spacial score (nSPS) is 18.9. The molecule has 0 radical (unpaired) electrons. The van der Waals surface area contributed by atoms with Gasteiger partial charge in [-0.2, -0.15) is 0 Å². The topological polar surface area (TPSA) is 91.4 Å². The summed E-state index contributed by atoms with van der Waals surface area (Å²) in [6, 6.07) is 0. The molecule has 1 saturated heterocycles. The Morgan fingerprint density at radius 1 is 1.64 bits per heavy atom. The highest BCUT2D eigenvalue weighted by molar-refractivity contribution is 5.74. The first-order valence-electron chi connectivity index (χ1n) is 4.67. The summed E-state index contributed by atoms with van der Waals surface area (Å²) in [5.74, 6) is 0.562. The summed E-state index contributed by atoms with van der Waals surface area (Å²) < 4.78 is 4.32. The average molecular weight is 200 g/mol. The quantitative estimate of drug-likeness (QED) is 0.438. The summed E-state index contributed by atoms with van der Waals surface area (Å²) in [5.41, 5.74) is 8.08. The number of piperidine rings is 1. The minimum Gasteiger partial charge on any atom is -0.398 e. The molecule has 14 heavy (non-hydrogen) atoms. The molecule has 1 aliphatic heterocycles. The Labute approximate surface area is 82.9 Å². The van der Waals surface area contributed by atoms with Crippen LogP contribution < -0.4 is 11.2 Å². The largest absolute Gasteiger partial charge is 0.428 e. The van der Waals surface area contributed by atoms with Crippen LogP contribution >= 0.6 is 0 Å². The number of hydrogen-bond acceptors (Lipinski definition) is 5. The number of amides is 1. The number of nitrogens with two attached hydrogens (primary N) is 1. The summed E-state index contributed by atoms with van der Waals surface area (Å²) in [7, 11) is 0. The Morgan fingerprint density at radius 2 is 2.29 bits per heavy atom. The summed E-state index contributed by atoms with van der Waals surface area (Å²) in [6.45, 7) is 2.28. The standard InChI is InChI=1S/C8H16N4O2/c9-5-7-1-3-12(4-2-7)11-8(13)14-6-10/h6-7,10H,1-5,9H2,(H,11,13). The van der Waals surface area contributed by atoms with E-state index in [1.165, 1.54) is 0 Å². The van der Waals surface area contributed by atoms with Gasteiger partial charge in [0.05, 0.1) is 0 Å². The van der Waals surface area contributed by atoms with Gasteiger partial charge in [0.2, 0.25) is 0 Å². The van der Waals surface area contributed by atoms with Crippen molar-refractivity contribution in [3.63, 3.8) is 0 Å². The van der Waals surface area contributed by atoms with Crippen LogP contribution in [-0.2, 0) is 4.74 Å². The molecular weight excluding hydrogens is 184 g/mol. The van der Waals surface area contributed by atoms with Crippen molar-refractivity contribution in [2.75, 3.05) is 19.6 Å². The Bertz CT molecular complexity index is 202. The van der Waals surface area contributed by atoms with Crippen LogP contribution in [0, 0.1) is 11.3 Å². The highest BCUT2D eigenvalue weighted by Gasteiger charge is 2.19. The predicted octanol–water partition coefficient (Wildman–Crippen LogP) is -0.0946. The van der Waals surface area contributed by atoms with Gasteiger partial charge in [-0.1, -0.05) is 0 Å². The maximum Gasteiger partial charge on any atom is 0.428 e. The molecule has 0 aliphatic carbocycles. The fourth-order valence-electron chi connectivity index (χ4n) is 1.49. The smallest absolute Gasteiger partial charge is 0.398 e. The fourth-order valence-corrected chi connectivity index (χ4v) is 1.49. The molecule has 0 aromatic carbocycles. The van der Waals surface area contributed by atoms with Crippen molar-refractivity contribution in [2.24, 2.45) is 11.7 Å². The van der Waals surface area contributed by atoms with Crippen LogP contribution in [0.15, 0.2) is 0 Å². The molecule has 0 atom stereocenters. The van der Waals surface area contributed by atoms with Crippen molar-refractivity contribution < 1.29 is 9.53 Å². The van der Waals surface area contributed by atoms with Crippen LogP contribution in [0.25, 0.3) is 0 Å². The minimum atomic E-state index is -0.605. The van der Waals surface area contributed by atoms with Crippen LogP contribution in [0.3, 0.4) is 0 Å². The van der Waals surface area contributed by atoms with Crippen molar-refractivity contribution in [3.8, 4) is 0 Å².